The van der Waals surface area contributed by atoms with Crippen LogP contribution in [0, 0.1) is 0 Å². The third kappa shape index (κ3) is 2.63. The molecule has 2 saturated carbocycles. The van der Waals surface area contributed by atoms with Gasteiger partial charge in [-0.3, -0.25) is 4.68 Å². The summed E-state index contributed by atoms with van der Waals surface area (Å²) in [6, 6.07) is 3.47. The van der Waals surface area contributed by atoms with Gasteiger partial charge in [-0.25, -0.2) is 0 Å². The largest absolute Gasteiger partial charge is 0.375 e. The second-order valence-electron chi connectivity index (χ2n) is 6.83. The molecule has 1 aromatic heterocycles. The summed E-state index contributed by atoms with van der Waals surface area (Å²) in [4.78, 5) is 0. The average Bonchev–Trinajstić information content (AvgIpc) is 3.00. The Labute approximate surface area is 120 Å². The summed E-state index contributed by atoms with van der Waals surface area (Å²) >= 11 is 0. The van der Waals surface area contributed by atoms with Crippen LogP contribution in [0.5, 0.6) is 0 Å². The van der Waals surface area contributed by atoms with Crippen LogP contribution in [0.25, 0.3) is 0 Å². The van der Waals surface area contributed by atoms with Crippen molar-refractivity contribution in [3.63, 3.8) is 0 Å². The number of rotatable bonds is 4. The van der Waals surface area contributed by atoms with Crippen molar-refractivity contribution in [3.05, 3.63) is 18.0 Å². The molecule has 1 unspecified atom stereocenters. The van der Waals surface area contributed by atoms with Crippen molar-refractivity contribution in [1.29, 1.82) is 0 Å². The average molecular weight is 275 g/mol. The third-order valence-electron chi connectivity index (χ3n) is 5.17. The summed E-state index contributed by atoms with van der Waals surface area (Å²) in [5.41, 5.74) is 1.37. The monoisotopic (exact) mass is 275 g/mol. The molecule has 0 aromatic carbocycles. The van der Waals surface area contributed by atoms with Crippen LogP contribution >= 0.6 is 0 Å². The first-order chi connectivity index (χ1) is 9.83. The summed E-state index contributed by atoms with van der Waals surface area (Å²) in [5, 5.41) is 8.32. The second-order valence-corrected chi connectivity index (χ2v) is 6.83. The zero-order valence-electron chi connectivity index (χ0n) is 12.2. The summed E-state index contributed by atoms with van der Waals surface area (Å²) in [6.45, 7) is 1.83. The van der Waals surface area contributed by atoms with Crippen LogP contribution in [-0.4, -0.2) is 28.0 Å². The van der Waals surface area contributed by atoms with Crippen LogP contribution < -0.4 is 5.32 Å². The van der Waals surface area contributed by atoms with E-state index in [1.54, 1.807) is 0 Å². The fourth-order valence-electron chi connectivity index (χ4n) is 3.81. The van der Waals surface area contributed by atoms with Crippen molar-refractivity contribution in [2.75, 3.05) is 6.61 Å². The van der Waals surface area contributed by atoms with E-state index in [0.717, 1.165) is 32.0 Å². The number of ether oxygens (including phenoxy) is 1. The quantitative estimate of drug-likeness (QED) is 0.918. The Kier molecular flexibility index (Phi) is 3.31. The van der Waals surface area contributed by atoms with Crippen LogP contribution in [0.4, 0.5) is 0 Å². The number of nitrogens with zero attached hydrogens (tertiary/aromatic N) is 2. The molecule has 0 radical (unpaired) electrons. The maximum Gasteiger partial charge on any atom is 0.0762 e. The zero-order chi connectivity index (χ0) is 13.4. The molecule has 1 aromatic rings. The van der Waals surface area contributed by atoms with Crippen LogP contribution in [0.1, 0.15) is 63.1 Å². The molecule has 110 valence electrons. The van der Waals surface area contributed by atoms with Gasteiger partial charge >= 0.3 is 0 Å². The van der Waals surface area contributed by atoms with Crippen molar-refractivity contribution in [2.24, 2.45) is 0 Å². The highest BCUT2D eigenvalue weighted by Gasteiger charge is 2.40. The summed E-state index contributed by atoms with van der Waals surface area (Å²) < 4.78 is 8.32. The van der Waals surface area contributed by atoms with Gasteiger partial charge in [-0.05, 0) is 44.6 Å². The molecule has 2 aliphatic carbocycles. The molecule has 1 aliphatic heterocycles. The Balaban J connectivity index is 1.40. The second kappa shape index (κ2) is 5.15. The van der Waals surface area contributed by atoms with Crippen LogP contribution in [-0.2, 0) is 11.3 Å². The number of nitrogens with one attached hydrogen (secondary N) is 1. The molecule has 4 nitrogen and oxygen atoms in total. The van der Waals surface area contributed by atoms with E-state index in [9.17, 15) is 0 Å². The minimum Gasteiger partial charge on any atom is -0.375 e. The van der Waals surface area contributed by atoms with E-state index in [2.05, 4.69) is 22.3 Å². The fraction of sp³-hybridized carbons (Fsp3) is 0.812. The molecule has 1 saturated heterocycles. The Morgan fingerprint density at radius 1 is 1.30 bits per heavy atom. The van der Waals surface area contributed by atoms with E-state index in [-0.39, 0.29) is 5.60 Å². The first-order valence-electron chi connectivity index (χ1n) is 8.24. The highest BCUT2D eigenvalue weighted by molar-refractivity contribution is 5.02. The summed E-state index contributed by atoms with van der Waals surface area (Å²) in [5.74, 6) is 0. The third-order valence-corrected chi connectivity index (χ3v) is 5.17. The maximum atomic E-state index is 6.12. The van der Waals surface area contributed by atoms with E-state index in [4.69, 9.17) is 9.84 Å². The molecule has 2 heterocycles. The standard InChI is InChI=1S/C16H25N3O/c1-2-8-16(7-1)11-15(6-10-20-16)19-9-5-14(18-19)12-17-13-3-4-13/h5,9,13,15,17H,1-4,6-8,10-12H2. The molecule has 20 heavy (non-hydrogen) atoms. The number of aromatic nitrogens is 2. The normalized spacial score (nSPS) is 29.1. The van der Waals surface area contributed by atoms with E-state index < -0.39 is 0 Å². The van der Waals surface area contributed by atoms with Crippen molar-refractivity contribution in [3.8, 4) is 0 Å². The molecule has 3 aliphatic rings. The molecule has 1 atom stereocenters. The van der Waals surface area contributed by atoms with E-state index >= 15 is 0 Å². The lowest BCUT2D eigenvalue weighted by Crippen LogP contribution is -2.38. The topological polar surface area (TPSA) is 39.1 Å². The van der Waals surface area contributed by atoms with Gasteiger partial charge in [-0.2, -0.15) is 5.10 Å². The molecule has 3 fully saturated rings. The molecular formula is C16H25N3O. The van der Waals surface area contributed by atoms with Crippen molar-refractivity contribution >= 4 is 0 Å². The van der Waals surface area contributed by atoms with Crippen LogP contribution in [0.15, 0.2) is 12.3 Å². The Morgan fingerprint density at radius 3 is 2.95 bits per heavy atom. The molecule has 4 rings (SSSR count). The molecule has 1 spiro atoms. The van der Waals surface area contributed by atoms with Crippen LogP contribution in [0.2, 0.25) is 0 Å². The minimum absolute atomic E-state index is 0.182. The minimum atomic E-state index is 0.182. The lowest BCUT2D eigenvalue weighted by atomic mass is 9.89. The first-order valence-corrected chi connectivity index (χ1v) is 8.24. The van der Waals surface area contributed by atoms with Gasteiger partial charge in [0.25, 0.3) is 0 Å². The highest BCUT2D eigenvalue weighted by Crippen LogP contribution is 2.43. The Morgan fingerprint density at radius 2 is 2.15 bits per heavy atom. The number of hydrogen-bond donors (Lipinski definition) is 1. The SMILES string of the molecule is c1cn(C2CCOC3(CCCC3)C2)nc1CNC1CC1. The van der Waals surface area contributed by atoms with Gasteiger partial charge in [0.2, 0.25) is 0 Å². The molecule has 0 amide bonds. The van der Waals surface area contributed by atoms with Gasteiger partial charge < -0.3 is 10.1 Å². The lowest BCUT2D eigenvalue weighted by Gasteiger charge is -2.38. The summed E-state index contributed by atoms with van der Waals surface area (Å²) in [7, 11) is 0. The maximum absolute atomic E-state index is 6.12. The predicted molar refractivity (Wildman–Crippen MR) is 77.5 cm³/mol. The smallest absolute Gasteiger partial charge is 0.0762 e. The Hall–Kier alpha value is -0.870. The van der Waals surface area contributed by atoms with Crippen molar-refractivity contribution in [2.45, 2.75) is 75.6 Å². The number of hydrogen-bond acceptors (Lipinski definition) is 3. The molecular weight excluding hydrogens is 250 g/mol. The van der Waals surface area contributed by atoms with E-state index in [0.29, 0.717) is 6.04 Å². The summed E-state index contributed by atoms with van der Waals surface area (Å²) in [6.07, 6.45) is 12.3. The van der Waals surface area contributed by atoms with E-state index in [1.165, 1.54) is 44.2 Å². The molecule has 1 N–H and O–H groups in total. The fourth-order valence-corrected chi connectivity index (χ4v) is 3.81. The zero-order valence-corrected chi connectivity index (χ0v) is 12.2. The lowest BCUT2D eigenvalue weighted by molar-refractivity contribution is -0.0910. The highest BCUT2D eigenvalue weighted by atomic mass is 16.5. The Bertz CT molecular complexity index is 460. The van der Waals surface area contributed by atoms with Gasteiger partial charge in [0.15, 0.2) is 0 Å². The van der Waals surface area contributed by atoms with Gasteiger partial charge in [0.1, 0.15) is 0 Å². The predicted octanol–water partition coefficient (Wildman–Crippen LogP) is 2.80. The van der Waals surface area contributed by atoms with Gasteiger partial charge in [0, 0.05) is 25.4 Å². The first kappa shape index (κ1) is 12.8. The van der Waals surface area contributed by atoms with Gasteiger partial charge in [-0.1, -0.05) is 12.8 Å². The molecule has 4 heteroatoms. The van der Waals surface area contributed by atoms with Gasteiger partial charge in [-0.15, -0.1) is 0 Å². The molecule has 0 bridgehead atoms. The van der Waals surface area contributed by atoms with Crippen molar-refractivity contribution < 1.29 is 4.74 Å². The van der Waals surface area contributed by atoms with Gasteiger partial charge in [0.05, 0.1) is 17.3 Å². The van der Waals surface area contributed by atoms with Crippen LogP contribution in [0.3, 0.4) is 0 Å². The van der Waals surface area contributed by atoms with Crippen molar-refractivity contribution in [1.82, 2.24) is 15.1 Å². The van der Waals surface area contributed by atoms with E-state index in [1.807, 2.05) is 0 Å².